The number of nitrogens with one attached hydrogen (secondary N) is 2. The van der Waals surface area contributed by atoms with Crippen LogP contribution in [0.2, 0.25) is 0 Å². The molecule has 0 spiro atoms. The summed E-state index contributed by atoms with van der Waals surface area (Å²) in [5.41, 5.74) is 1.40. The minimum atomic E-state index is -0.549. The molecular formula is C19H25N3O5. The van der Waals surface area contributed by atoms with Crippen LogP contribution in [0.15, 0.2) is 18.2 Å². The van der Waals surface area contributed by atoms with Gasteiger partial charge in [0, 0.05) is 31.2 Å². The summed E-state index contributed by atoms with van der Waals surface area (Å²) in [5, 5.41) is 5.84. The number of piperidine rings is 1. The normalized spacial score (nSPS) is 19.7. The average molecular weight is 375 g/mol. The summed E-state index contributed by atoms with van der Waals surface area (Å²) in [6.45, 7) is 3.21. The topological polar surface area (TPSA) is 97.0 Å². The summed E-state index contributed by atoms with van der Waals surface area (Å²) in [4.78, 5) is 38.3. The number of nitrogens with zero attached hydrogens (tertiary/aromatic N) is 1. The lowest BCUT2D eigenvalue weighted by atomic mass is 9.89. The molecule has 0 unspecified atom stereocenters. The maximum absolute atomic E-state index is 12.9. The van der Waals surface area contributed by atoms with Crippen molar-refractivity contribution in [2.24, 2.45) is 0 Å². The Balaban J connectivity index is 1.64. The van der Waals surface area contributed by atoms with Crippen LogP contribution in [0.4, 0.5) is 10.5 Å². The van der Waals surface area contributed by atoms with E-state index in [0.717, 1.165) is 5.56 Å². The third-order valence-electron chi connectivity index (χ3n) is 4.98. The lowest BCUT2D eigenvalue weighted by Gasteiger charge is -2.33. The molecule has 1 saturated heterocycles. The molecule has 2 N–H and O–H groups in total. The van der Waals surface area contributed by atoms with E-state index < -0.39 is 5.92 Å². The van der Waals surface area contributed by atoms with Gasteiger partial charge in [0.1, 0.15) is 5.75 Å². The number of ether oxygens (including phenoxy) is 2. The average Bonchev–Trinajstić information content (AvgIpc) is 2.67. The van der Waals surface area contributed by atoms with E-state index in [-0.39, 0.29) is 30.4 Å². The molecule has 1 fully saturated rings. The predicted octanol–water partition coefficient (Wildman–Crippen LogP) is 1.86. The molecule has 2 aliphatic heterocycles. The van der Waals surface area contributed by atoms with Crippen molar-refractivity contribution >= 4 is 23.6 Å². The van der Waals surface area contributed by atoms with Crippen molar-refractivity contribution < 1.29 is 23.9 Å². The van der Waals surface area contributed by atoms with Gasteiger partial charge < -0.3 is 25.0 Å². The van der Waals surface area contributed by atoms with Crippen molar-refractivity contribution in [2.75, 3.05) is 32.1 Å². The Bertz CT molecular complexity index is 728. The maximum Gasteiger partial charge on any atom is 0.409 e. The van der Waals surface area contributed by atoms with Gasteiger partial charge in [0.05, 0.1) is 19.6 Å². The molecule has 0 saturated carbocycles. The highest BCUT2D eigenvalue weighted by Crippen LogP contribution is 2.35. The van der Waals surface area contributed by atoms with Crippen molar-refractivity contribution in [2.45, 2.75) is 38.1 Å². The fourth-order valence-electron chi connectivity index (χ4n) is 3.52. The van der Waals surface area contributed by atoms with Crippen LogP contribution in [0, 0.1) is 0 Å². The molecule has 1 atom stereocenters. The number of rotatable bonds is 4. The highest BCUT2D eigenvalue weighted by Gasteiger charge is 2.33. The van der Waals surface area contributed by atoms with Crippen LogP contribution in [0.3, 0.4) is 0 Å². The molecule has 2 aliphatic rings. The Labute approximate surface area is 158 Å². The van der Waals surface area contributed by atoms with Crippen LogP contribution in [0.5, 0.6) is 5.75 Å². The molecule has 146 valence electrons. The molecule has 0 bridgehead atoms. The SMILES string of the molecule is CCOC(=O)N1CCC(NC(=O)[C@@H]2CC(=O)Nc3ccc(OC)cc32)CC1. The van der Waals surface area contributed by atoms with E-state index in [0.29, 0.717) is 44.0 Å². The molecule has 3 rings (SSSR count). The second-order valence-corrected chi connectivity index (χ2v) is 6.73. The van der Waals surface area contributed by atoms with Gasteiger partial charge in [0.15, 0.2) is 0 Å². The summed E-state index contributed by atoms with van der Waals surface area (Å²) in [7, 11) is 1.57. The first-order valence-electron chi connectivity index (χ1n) is 9.21. The smallest absolute Gasteiger partial charge is 0.409 e. The summed E-state index contributed by atoms with van der Waals surface area (Å²) in [6, 6.07) is 5.28. The highest BCUT2D eigenvalue weighted by atomic mass is 16.6. The van der Waals surface area contributed by atoms with Crippen LogP contribution in [0.25, 0.3) is 0 Å². The maximum atomic E-state index is 12.9. The van der Waals surface area contributed by atoms with Crippen LogP contribution in [-0.2, 0) is 14.3 Å². The third-order valence-corrected chi connectivity index (χ3v) is 4.98. The van der Waals surface area contributed by atoms with E-state index >= 15 is 0 Å². The number of carbonyl (C=O) groups is 3. The van der Waals surface area contributed by atoms with Crippen LogP contribution in [-0.4, -0.2) is 55.7 Å². The first kappa shape index (κ1) is 19.0. The van der Waals surface area contributed by atoms with Gasteiger partial charge in [-0.3, -0.25) is 9.59 Å². The van der Waals surface area contributed by atoms with Crippen molar-refractivity contribution in [3.8, 4) is 5.75 Å². The van der Waals surface area contributed by atoms with Crippen molar-refractivity contribution in [1.82, 2.24) is 10.2 Å². The molecule has 8 heteroatoms. The van der Waals surface area contributed by atoms with E-state index in [9.17, 15) is 14.4 Å². The molecule has 8 nitrogen and oxygen atoms in total. The minimum absolute atomic E-state index is 0.0257. The summed E-state index contributed by atoms with van der Waals surface area (Å²) < 4.78 is 10.3. The number of anilines is 1. The first-order valence-corrected chi connectivity index (χ1v) is 9.21. The molecule has 0 aliphatic carbocycles. The fraction of sp³-hybridized carbons (Fsp3) is 0.526. The second-order valence-electron chi connectivity index (χ2n) is 6.73. The van der Waals surface area contributed by atoms with E-state index in [2.05, 4.69) is 10.6 Å². The molecule has 2 heterocycles. The van der Waals surface area contributed by atoms with Gasteiger partial charge in [-0.15, -0.1) is 0 Å². The summed E-state index contributed by atoms with van der Waals surface area (Å²) in [6.07, 6.45) is 1.11. The first-order chi connectivity index (χ1) is 13.0. The predicted molar refractivity (Wildman–Crippen MR) is 98.7 cm³/mol. The zero-order valence-corrected chi connectivity index (χ0v) is 15.6. The zero-order valence-electron chi connectivity index (χ0n) is 15.6. The van der Waals surface area contributed by atoms with E-state index in [1.807, 2.05) is 0 Å². The van der Waals surface area contributed by atoms with Crippen molar-refractivity contribution in [3.05, 3.63) is 23.8 Å². The Kier molecular flexibility index (Phi) is 5.83. The van der Waals surface area contributed by atoms with Crippen molar-refractivity contribution in [1.29, 1.82) is 0 Å². The molecule has 1 aromatic rings. The Hall–Kier alpha value is -2.77. The summed E-state index contributed by atoms with van der Waals surface area (Å²) >= 11 is 0. The minimum Gasteiger partial charge on any atom is -0.497 e. The molecular weight excluding hydrogens is 350 g/mol. The van der Waals surface area contributed by atoms with E-state index in [1.54, 1.807) is 37.1 Å². The van der Waals surface area contributed by atoms with Gasteiger partial charge in [0.2, 0.25) is 11.8 Å². The number of methoxy groups -OCH3 is 1. The molecule has 27 heavy (non-hydrogen) atoms. The summed E-state index contributed by atoms with van der Waals surface area (Å²) in [5.74, 6) is -0.253. The van der Waals surface area contributed by atoms with Gasteiger partial charge >= 0.3 is 6.09 Å². The molecule has 1 aromatic carbocycles. The molecule has 0 aromatic heterocycles. The Morgan fingerprint density at radius 2 is 2.04 bits per heavy atom. The number of hydrogen-bond donors (Lipinski definition) is 2. The standard InChI is InChI=1S/C19H25N3O5/c1-3-27-19(25)22-8-6-12(7-9-22)20-18(24)15-11-17(23)21-16-5-4-13(26-2)10-14(15)16/h4-5,10,12,15H,3,6-9,11H2,1-2H3,(H,20,24)(H,21,23)/t15-/m1/s1. The van der Waals surface area contributed by atoms with Gasteiger partial charge in [-0.1, -0.05) is 0 Å². The number of fused-ring (bicyclic) bond motifs is 1. The number of carbonyl (C=O) groups excluding carboxylic acids is 3. The lowest BCUT2D eigenvalue weighted by Crippen LogP contribution is -2.48. The molecule has 3 amide bonds. The van der Waals surface area contributed by atoms with Crippen LogP contribution >= 0.6 is 0 Å². The zero-order chi connectivity index (χ0) is 19.4. The highest BCUT2D eigenvalue weighted by molar-refractivity contribution is 6.01. The fourth-order valence-corrected chi connectivity index (χ4v) is 3.52. The van der Waals surface area contributed by atoms with E-state index in [1.165, 1.54) is 0 Å². The van der Waals surface area contributed by atoms with E-state index in [4.69, 9.17) is 9.47 Å². The Morgan fingerprint density at radius 1 is 1.30 bits per heavy atom. The monoisotopic (exact) mass is 375 g/mol. The number of amides is 3. The third kappa shape index (κ3) is 4.32. The Morgan fingerprint density at radius 3 is 2.70 bits per heavy atom. The quantitative estimate of drug-likeness (QED) is 0.837. The van der Waals surface area contributed by atoms with Gasteiger partial charge in [-0.25, -0.2) is 4.79 Å². The van der Waals surface area contributed by atoms with Gasteiger partial charge in [-0.2, -0.15) is 0 Å². The van der Waals surface area contributed by atoms with Gasteiger partial charge in [0.25, 0.3) is 0 Å². The van der Waals surface area contributed by atoms with Gasteiger partial charge in [-0.05, 0) is 43.5 Å². The molecule has 0 radical (unpaired) electrons. The van der Waals surface area contributed by atoms with Crippen LogP contribution < -0.4 is 15.4 Å². The van der Waals surface area contributed by atoms with Crippen molar-refractivity contribution in [3.63, 3.8) is 0 Å². The second kappa shape index (κ2) is 8.28. The van der Waals surface area contributed by atoms with Crippen LogP contribution in [0.1, 0.15) is 37.7 Å². The largest absolute Gasteiger partial charge is 0.497 e. The lowest BCUT2D eigenvalue weighted by molar-refractivity contribution is -0.127. The number of benzene rings is 1. The number of likely N-dealkylation sites (tertiary alicyclic amines) is 1. The number of hydrogen-bond acceptors (Lipinski definition) is 5.